The van der Waals surface area contributed by atoms with Gasteiger partial charge in [-0.1, -0.05) is 41.6 Å². The molecule has 0 saturated heterocycles. The minimum Gasteiger partial charge on any atom is -0.409 e. The number of hydrogen-bond donors (Lipinski definition) is 2. The van der Waals surface area contributed by atoms with Crippen molar-refractivity contribution in [3.63, 3.8) is 0 Å². The Morgan fingerprint density at radius 1 is 1.15 bits per heavy atom. The Hall–Kier alpha value is -2.82. The first-order valence-electron chi connectivity index (χ1n) is 6.24. The molecule has 5 nitrogen and oxygen atoms in total. The maximum Gasteiger partial charge on any atom is 0.170 e. The Morgan fingerprint density at radius 2 is 1.90 bits per heavy atom. The molecule has 100 valence electrons. The SMILES string of the molecule is N/C(=N/O)c1ccc(Cn2cnc3ccccc32)cc1. The molecule has 1 aromatic heterocycles. The second-order valence-electron chi connectivity index (χ2n) is 4.54. The molecular formula is C15H14N4O. The average molecular weight is 266 g/mol. The Kier molecular flexibility index (Phi) is 3.09. The highest BCUT2D eigenvalue weighted by atomic mass is 16.4. The van der Waals surface area contributed by atoms with Gasteiger partial charge >= 0.3 is 0 Å². The Bertz CT molecular complexity index is 759. The van der Waals surface area contributed by atoms with Crippen LogP contribution in [-0.2, 0) is 6.54 Å². The standard InChI is InChI=1S/C15H14N4O/c16-15(18-20)12-7-5-11(6-8-12)9-19-10-17-13-3-1-2-4-14(13)19/h1-8,10,20H,9H2,(H2,16,18). The number of oxime groups is 1. The second-order valence-corrected chi connectivity index (χ2v) is 4.54. The molecule has 0 bridgehead atoms. The van der Waals surface area contributed by atoms with Crippen molar-refractivity contribution in [1.29, 1.82) is 0 Å². The van der Waals surface area contributed by atoms with E-state index in [0.717, 1.165) is 23.1 Å². The van der Waals surface area contributed by atoms with Crippen LogP contribution in [-0.4, -0.2) is 20.6 Å². The van der Waals surface area contributed by atoms with Gasteiger partial charge in [0.15, 0.2) is 5.84 Å². The summed E-state index contributed by atoms with van der Waals surface area (Å²) in [6.07, 6.45) is 1.84. The van der Waals surface area contributed by atoms with Crippen LogP contribution in [0.3, 0.4) is 0 Å². The summed E-state index contributed by atoms with van der Waals surface area (Å²) in [6.45, 7) is 0.733. The number of para-hydroxylation sites is 2. The third-order valence-corrected chi connectivity index (χ3v) is 3.24. The highest BCUT2D eigenvalue weighted by molar-refractivity contribution is 5.96. The van der Waals surface area contributed by atoms with E-state index in [1.807, 2.05) is 54.9 Å². The number of rotatable bonds is 3. The smallest absolute Gasteiger partial charge is 0.170 e. The molecule has 0 amide bonds. The molecule has 5 heteroatoms. The predicted octanol–water partition coefficient (Wildman–Crippen LogP) is 2.18. The van der Waals surface area contributed by atoms with E-state index in [2.05, 4.69) is 14.7 Å². The molecule has 0 atom stereocenters. The van der Waals surface area contributed by atoms with Crippen molar-refractivity contribution in [3.05, 3.63) is 66.0 Å². The van der Waals surface area contributed by atoms with E-state index in [1.165, 1.54) is 0 Å². The number of benzene rings is 2. The van der Waals surface area contributed by atoms with Crippen molar-refractivity contribution in [2.75, 3.05) is 0 Å². The molecular weight excluding hydrogens is 252 g/mol. The number of nitrogens with zero attached hydrogens (tertiary/aromatic N) is 3. The Labute approximate surface area is 116 Å². The molecule has 0 spiro atoms. The largest absolute Gasteiger partial charge is 0.409 e. The summed E-state index contributed by atoms with van der Waals surface area (Å²) in [5.41, 5.74) is 9.46. The first-order chi connectivity index (χ1) is 9.78. The summed E-state index contributed by atoms with van der Waals surface area (Å²) in [5, 5.41) is 11.6. The van der Waals surface area contributed by atoms with E-state index in [0.29, 0.717) is 5.56 Å². The summed E-state index contributed by atoms with van der Waals surface area (Å²) < 4.78 is 2.09. The summed E-state index contributed by atoms with van der Waals surface area (Å²) in [5.74, 6) is 0.115. The van der Waals surface area contributed by atoms with Crippen LogP contribution in [0.4, 0.5) is 0 Å². The van der Waals surface area contributed by atoms with Crippen LogP contribution in [0.15, 0.2) is 60.0 Å². The zero-order valence-electron chi connectivity index (χ0n) is 10.8. The molecule has 2 aromatic carbocycles. The van der Waals surface area contributed by atoms with Gasteiger partial charge in [-0.15, -0.1) is 0 Å². The normalized spacial score (nSPS) is 11.9. The van der Waals surface area contributed by atoms with E-state index in [1.54, 1.807) is 0 Å². The van der Waals surface area contributed by atoms with Crippen molar-refractivity contribution in [3.8, 4) is 0 Å². The van der Waals surface area contributed by atoms with Gasteiger partial charge in [-0.3, -0.25) is 0 Å². The number of fused-ring (bicyclic) bond motifs is 1. The van der Waals surface area contributed by atoms with Gasteiger partial charge in [0.25, 0.3) is 0 Å². The number of aromatic nitrogens is 2. The highest BCUT2D eigenvalue weighted by Gasteiger charge is 2.03. The van der Waals surface area contributed by atoms with E-state index >= 15 is 0 Å². The maximum absolute atomic E-state index is 8.63. The molecule has 0 aliphatic carbocycles. The van der Waals surface area contributed by atoms with Gasteiger partial charge in [-0.25, -0.2) is 4.98 Å². The molecule has 20 heavy (non-hydrogen) atoms. The lowest BCUT2D eigenvalue weighted by atomic mass is 10.1. The average Bonchev–Trinajstić information content (AvgIpc) is 2.91. The zero-order valence-corrected chi connectivity index (χ0v) is 10.8. The van der Waals surface area contributed by atoms with Gasteiger partial charge in [-0.2, -0.15) is 0 Å². The molecule has 3 N–H and O–H groups in total. The fourth-order valence-corrected chi connectivity index (χ4v) is 2.17. The minimum absolute atomic E-state index is 0.115. The lowest BCUT2D eigenvalue weighted by Crippen LogP contribution is -2.12. The summed E-state index contributed by atoms with van der Waals surface area (Å²) in [7, 11) is 0. The molecule has 3 aromatic rings. The predicted molar refractivity (Wildman–Crippen MR) is 77.8 cm³/mol. The van der Waals surface area contributed by atoms with E-state index < -0.39 is 0 Å². The van der Waals surface area contributed by atoms with Crippen molar-refractivity contribution in [1.82, 2.24) is 9.55 Å². The van der Waals surface area contributed by atoms with Crippen LogP contribution in [0.1, 0.15) is 11.1 Å². The number of nitrogens with two attached hydrogens (primary N) is 1. The molecule has 0 unspecified atom stereocenters. The Balaban J connectivity index is 1.88. The highest BCUT2D eigenvalue weighted by Crippen LogP contribution is 2.14. The maximum atomic E-state index is 8.63. The van der Waals surface area contributed by atoms with Crippen LogP contribution >= 0.6 is 0 Å². The van der Waals surface area contributed by atoms with Crippen LogP contribution in [0.25, 0.3) is 11.0 Å². The summed E-state index contributed by atoms with van der Waals surface area (Å²) >= 11 is 0. The number of hydrogen-bond acceptors (Lipinski definition) is 3. The molecule has 0 saturated carbocycles. The van der Waals surface area contributed by atoms with Crippen LogP contribution in [0, 0.1) is 0 Å². The van der Waals surface area contributed by atoms with Gasteiger partial charge in [0, 0.05) is 12.1 Å². The third-order valence-electron chi connectivity index (χ3n) is 3.24. The van der Waals surface area contributed by atoms with Crippen molar-refractivity contribution in [2.24, 2.45) is 10.9 Å². The third kappa shape index (κ3) is 2.21. The van der Waals surface area contributed by atoms with Crippen LogP contribution in [0.5, 0.6) is 0 Å². The van der Waals surface area contributed by atoms with Crippen molar-refractivity contribution in [2.45, 2.75) is 6.54 Å². The fraction of sp³-hybridized carbons (Fsp3) is 0.0667. The summed E-state index contributed by atoms with van der Waals surface area (Å²) in [4.78, 5) is 4.36. The van der Waals surface area contributed by atoms with E-state index in [-0.39, 0.29) is 5.84 Å². The molecule has 0 fully saturated rings. The minimum atomic E-state index is 0.115. The van der Waals surface area contributed by atoms with Gasteiger partial charge in [0.05, 0.1) is 17.4 Å². The van der Waals surface area contributed by atoms with Crippen LogP contribution in [0.2, 0.25) is 0 Å². The first kappa shape index (κ1) is 12.2. The quantitative estimate of drug-likeness (QED) is 0.330. The van der Waals surface area contributed by atoms with Crippen LogP contribution < -0.4 is 5.73 Å². The fourth-order valence-electron chi connectivity index (χ4n) is 2.17. The Morgan fingerprint density at radius 3 is 2.65 bits per heavy atom. The molecule has 0 aliphatic heterocycles. The van der Waals surface area contributed by atoms with Gasteiger partial charge in [0.2, 0.25) is 0 Å². The number of imidazole rings is 1. The zero-order chi connectivity index (χ0) is 13.9. The van der Waals surface area contributed by atoms with Gasteiger partial charge < -0.3 is 15.5 Å². The van der Waals surface area contributed by atoms with Gasteiger partial charge in [-0.05, 0) is 17.7 Å². The first-order valence-corrected chi connectivity index (χ1v) is 6.24. The lowest BCUT2D eigenvalue weighted by Gasteiger charge is -2.05. The summed E-state index contributed by atoms with van der Waals surface area (Å²) in [6, 6.07) is 15.6. The molecule has 1 heterocycles. The van der Waals surface area contributed by atoms with Crippen molar-refractivity contribution >= 4 is 16.9 Å². The molecule has 0 radical (unpaired) electrons. The second kappa shape index (κ2) is 5.05. The van der Waals surface area contributed by atoms with E-state index in [9.17, 15) is 0 Å². The monoisotopic (exact) mass is 266 g/mol. The molecule has 3 rings (SSSR count). The number of amidine groups is 1. The van der Waals surface area contributed by atoms with E-state index in [4.69, 9.17) is 10.9 Å². The topological polar surface area (TPSA) is 76.4 Å². The van der Waals surface area contributed by atoms with Gasteiger partial charge in [0.1, 0.15) is 0 Å². The molecule has 0 aliphatic rings. The lowest BCUT2D eigenvalue weighted by molar-refractivity contribution is 0.318. The van der Waals surface area contributed by atoms with Crippen molar-refractivity contribution < 1.29 is 5.21 Å².